The molecule has 1 aliphatic carbocycles. The number of carbonyl (C=O) groups is 5. The second-order valence-corrected chi connectivity index (χ2v) is 15.6. The molecule has 2 unspecified atom stereocenters. The van der Waals surface area contributed by atoms with Crippen molar-refractivity contribution in [3.8, 4) is 0 Å². The van der Waals surface area contributed by atoms with Crippen LogP contribution in [0.25, 0.3) is 0 Å². The van der Waals surface area contributed by atoms with Gasteiger partial charge in [0.2, 0.25) is 17.6 Å². The second-order valence-electron chi connectivity index (χ2n) is 15.6. The van der Waals surface area contributed by atoms with E-state index in [0.29, 0.717) is 19.4 Å². The lowest BCUT2D eigenvalue weighted by atomic mass is 9.85. The summed E-state index contributed by atoms with van der Waals surface area (Å²) >= 11 is 0. The molecule has 0 radical (unpaired) electrons. The molecule has 5 N–H and O–H groups in total. The average molecular weight is 642 g/mol. The molecule has 1 heterocycles. The number of nitrogens with one attached hydrogen (secondary N) is 4. The quantitative estimate of drug-likeness (QED) is 0.209. The molecule has 1 saturated carbocycles. The Hall–Kier alpha value is -3.47. The van der Waals surface area contributed by atoms with Crippen LogP contribution in [0.4, 0.5) is 4.79 Å². The van der Waals surface area contributed by atoms with E-state index in [2.05, 4.69) is 35.1 Å². The fourth-order valence-electron chi connectivity index (χ4n) is 6.54. The minimum Gasteiger partial charge on any atom is -0.393 e. The fourth-order valence-corrected chi connectivity index (χ4v) is 6.54. The maximum Gasteiger partial charge on any atom is 0.315 e. The van der Waals surface area contributed by atoms with E-state index >= 15 is 0 Å². The molecule has 11 heteroatoms. The van der Waals surface area contributed by atoms with Crippen LogP contribution in [-0.2, 0) is 25.6 Å². The summed E-state index contributed by atoms with van der Waals surface area (Å²) in [5.41, 5.74) is -0.355. The van der Waals surface area contributed by atoms with Crippen molar-refractivity contribution in [3.05, 3.63) is 35.9 Å². The van der Waals surface area contributed by atoms with Gasteiger partial charge in [-0.05, 0) is 68.3 Å². The van der Waals surface area contributed by atoms with Gasteiger partial charge in [0, 0.05) is 18.6 Å². The SMILES string of the molecule is CCCC(NC(=O)[C@@H]1[C@@H]2[C@H](CN1C(=O)[C@@H](NC(=O)NC(C)(C)C)C(C)(C)C)C2(C)C)C(=O)C(=O)NCCC(O)Cc1ccccc1. The van der Waals surface area contributed by atoms with Crippen molar-refractivity contribution < 1.29 is 29.1 Å². The third-order valence-electron chi connectivity index (χ3n) is 9.15. The molecule has 11 nitrogen and oxygen atoms in total. The van der Waals surface area contributed by atoms with Crippen molar-refractivity contribution >= 4 is 29.5 Å². The largest absolute Gasteiger partial charge is 0.393 e. The number of rotatable bonds is 13. The Kier molecular flexibility index (Phi) is 11.7. The Morgan fingerprint density at radius 2 is 1.61 bits per heavy atom. The molecule has 1 aromatic carbocycles. The van der Waals surface area contributed by atoms with Gasteiger partial charge in [0.15, 0.2) is 0 Å². The highest BCUT2D eigenvalue weighted by molar-refractivity contribution is 6.38. The lowest BCUT2D eigenvalue weighted by Crippen LogP contribution is -2.62. The first-order valence-electron chi connectivity index (χ1n) is 16.5. The number of hydrogen-bond acceptors (Lipinski definition) is 6. The number of benzene rings is 1. The van der Waals surface area contributed by atoms with Gasteiger partial charge in [-0.2, -0.15) is 0 Å². The van der Waals surface area contributed by atoms with Crippen molar-refractivity contribution in [2.24, 2.45) is 22.7 Å². The first-order chi connectivity index (χ1) is 21.3. The smallest absolute Gasteiger partial charge is 0.315 e. The number of aliphatic hydroxyl groups excluding tert-OH is 1. The second kappa shape index (κ2) is 14.5. The number of hydrogen-bond donors (Lipinski definition) is 5. The predicted octanol–water partition coefficient (Wildman–Crippen LogP) is 2.95. The van der Waals surface area contributed by atoms with E-state index in [0.717, 1.165) is 5.56 Å². The molecule has 256 valence electrons. The Morgan fingerprint density at radius 3 is 2.17 bits per heavy atom. The highest BCUT2D eigenvalue weighted by Gasteiger charge is 2.69. The number of aliphatic hydroxyl groups is 1. The summed E-state index contributed by atoms with van der Waals surface area (Å²) in [5.74, 6) is -2.43. The van der Waals surface area contributed by atoms with Crippen molar-refractivity contribution in [2.75, 3.05) is 13.1 Å². The number of likely N-dealkylation sites (tertiary alicyclic amines) is 1. The van der Waals surface area contributed by atoms with Crippen LogP contribution in [0.1, 0.15) is 87.1 Å². The zero-order valence-electron chi connectivity index (χ0n) is 29.0. The number of ketones is 1. The number of piperidine rings is 1. The number of urea groups is 1. The molecule has 1 aromatic rings. The van der Waals surface area contributed by atoms with Crippen molar-refractivity contribution in [3.63, 3.8) is 0 Å². The first-order valence-corrected chi connectivity index (χ1v) is 16.5. The van der Waals surface area contributed by atoms with Gasteiger partial charge in [0.25, 0.3) is 5.91 Å². The molecule has 46 heavy (non-hydrogen) atoms. The molecular weight excluding hydrogens is 586 g/mol. The summed E-state index contributed by atoms with van der Waals surface area (Å²) in [6.45, 7) is 17.6. The van der Waals surface area contributed by atoms with Crippen LogP contribution in [0.5, 0.6) is 0 Å². The van der Waals surface area contributed by atoms with E-state index < -0.39 is 58.8 Å². The molecule has 0 bridgehead atoms. The molecular formula is C35H55N5O6. The molecule has 2 fully saturated rings. The third-order valence-corrected chi connectivity index (χ3v) is 9.15. The molecule has 1 aliphatic heterocycles. The van der Waals surface area contributed by atoms with Gasteiger partial charge in [0.05, 0.1) is 12.1 Å². The number of nitrogens with zero attached hydrogens (tertiary/aromatic N) is 1. The molecule has 3 rings (SSSR count). The zero-order valence-corrected chi connectivity index (χ0v) is 29.0. The maximum atomic E-state index is 14.1. The molecule has 0 spiro atoms. The summed E-state index contributed by atoms with van der Waals surface area (Å²) < 4.78 is 0. The Bertz CT molecular complexity index is 1270. The number of amides is 5. The molecule has 6 atom stereocenters. The van der Waals surface area contributed by atoms with Gasteiger partial charge in [-0.3, -0.25) is 19.2 Å². The van der Waals surface area contributed by atoms with E-state index in [1.807, 2.05) is 78.8 Å². The highest BCUT2D eigenvalue weighted by atomic mass is 16.3. The van der Waals surface area contributed by atoms with Gasteiger partial charge in [0.1, 0.15) is 12.1 Å². The fraction of sp³-hybridized carbons (Fsp3) is 0.686. The lowest BCUT2D eigenvalue weighted by molar-refractivity contribution is -0.145. The number of Topliss-reactive ketones (excluding diaryl/α,β-unsaturated/α-hetero) is 1. The van der Waals surface area contributed by atoms with E-state index in [9.17, 15) is 29.1 Å². The summed E-state index contributed by atoms with van der Waals surface area (Å²) in [5, 5.41) is 21.4. The van der Waals surface area contributed by atoms with Crippen LogP contribution >= 0.6 is 0 Å². The topological polar surface area (TPSA) is 157 Å². The van der Waals surface area contributed by atoms with E-state index in [1.54, 1.807) is 4.90 Å². The van der Waals surface area contributed by atoms with Gasteiger partial charge in [-0.15, -0.1) is 0 Å². The van der Waals surface area contributed by atoms with E-state index in [-0.39, 0.29) is 42.5 Å². The predicted molar refractivity (Wildman–Crippen MR) is 177 cm³/mol. The maximum absolute atomic E-state index is 14.1. The van der Waals surface area contributed by atoms with Gasteiger partial charge in [-0.1, -0.05) is 78.3 Å². The van der Waals surface area contributed by atoms with Crippen molar-refractivity contribution in [1.82, 2.24) is 26.2 Å². The lowest BCUT2D eigenvalue weighted by Gasteiger charge is -2.38. The van der Waals surface area contributed by atoms with Gasteiger partial charge < -0.3 is 31.3 Å². The van der Waals surface area contributed by atoms with Crippen LogP contribution in [0.2, 0.25) is 0 Å². The van der Waals surface area contributed by atoms with Crippen LogP contribution < -0.4 is 21.3 Å². The van der Waals surface area contributed by atoms with E-state index in [1.165, 1.54) is 0 Å². The van der Waals surface area contributed by atoms with Gasteiger partial charge >= 0.3 is 6.03 Å². The summed E-state index contributed by atoms with van der Waals surface area (Å²) in [7, 11) is 0. The van der Waals surface area contributed by atoms with Crippen LogP contribution in [0, 0.1) is 22.7 Å². The highest BCUT2D eigenvalue weighted by Crippen LogP contribution is 2.65. The summed E-state index contributed by atoms with van der Waals surface area (Å²) in [6, 6.07) is 6.24. The zero-order chi connectivity index (χ0) is 34.6. The summed E-state index contributed by atoms with van der Waals surface area (Å²) in [6.07, 6.45) is 0.819. The number of fused-ring (bicyclic) bond motifs is 1. The monoisotopic (exact) mass is 641 g/mol. The Morgan fingerprint density at radius 1 is 0.978 bits per heavy atom. The Labute approximate surface area is 274 Å². The molecule has 1 saturated heterocycles. The standard InChI is InChI=1S/C35H55N5O6/c1-10-14-24(27(42)30(44)36-18-17-22(41)19-21-15-12-11-13-16-21)37-29(43)26-25-23(35(25,8)9)20-40(26)31(45)28(33(2,3)4)38-32(46)39-34(5,6)7/h11-13,15-16,22-26,28,41H,10,14,17-20H2,1-9H3,(H,36,44)(H,37,43)(H2,38,39,46)/t22?,23-,24?,25-,26-,28+/m0/s1. The molecule has 5 amide bonds. The van der Waals surface area contributed by atoms with Crippen LogP contribution in [0.15, 0.2) is 30.3 Å². The van der Waals surface area contributed by atoms with Crippen LogP contribution in [-0.4, -0.2) is 82.4 Å². The normalized spacial score (nSPS) is 22.1. The Balaban J connectivity index is 1.69. The minimum absolute atomic E-state index is 0.0992. The van der Waals surface area contributed by atoms with Gasteiger partial charge in [-0.25, -0.2) is 4.79 Å². The molecule has 0 aromatic heterocycles. The first kappa shape index (κ1) is 37.0. The van der Waals surface area contributed by atoms with E-state index in [4.69, 9.17) is 0 Å². The van der Waals surface area contributed by atoms with Crippen molar-refractivity contribution in [2.45, 2.75) is 118 Å². The average Bonchev–Trinajstić information content (AvgIpc) is 3.26. The number of carbonyl (C=O) groups excluding carboxylic acids is 5. The minimum atomic E-state index is -1.06. The third kappa shape index (κ3) is 9.30. The van der Waals surface area contributed by atoms with Crippen LogP contribution in [0.3, 0.4) is 0 Å². The van der Waals surface area contributed by atoms with Crippen molar-refractivity contribution in [1.29, 1.82) is 0 Å². The summed E-state index contributed by atoms with van der Waals surface area (Å²) in [4.78, 5) is 68.5. The molecule has 2 aliphatic rings.